The van der Waals surface area contributed by atoms with Crippen molar-refractivity contribution in [3.8, 4) is 17.1 Å². The molecular weight excluding hydrogens is 448 g/mol. The lowest BCUT2D eigenvalue weighted by atomic mass is 10.1. The molecule has 0 saturated heterocycles. The fourth-order valence-corrected chi connectivity index (χ4v) is 4.58. The number of rotatable bonds is 10. The second-order valence-corrected chi connectivity index (χ2v) is 8.85. The molecule has 0 spiro atoms. The Kier molecular flexibility index (Phi) is 7.82. The highest BCUT2D eigenvalue weighted by Crippen LogP contribution is 2.25. The smallest absolute Gasteiger partial charge is 0.233 e. The van der Waals surface area contributed by atoms with E-state index < -0.39 is 0 Å². The van der Waals surface area contributed by atoms with Gasteiger partial charge >= 0.3 is 0 Å². The van der Waals surface area contributed by atoms with Crippen molar-refractivity contribution in [1.82, 2.24) is 19.7 Å². The van der Waals surface area contributed by atoms with E-state index in [0.717, 1.165) is 33.5 Å². The minimum atomic E-state index is 0.0300. The molecule has 0 bridgehead atoms. The van der Waals surface area contributed by atoms with Crippen LogP contribution in [-0.4, -0.2) is 59.2 Å². The summed E-state index contributed by atoms with van der Waals surface area (Å²) in [5.41, 5.74) is 2.06. The lowest BCUT2D eigenvalue weighted by Crippen LogP contribution is -2.28. The molecule has 0 radical (unpaired) electrons. The first-order chi connectivity index (χ1) is 16.6. The van der Waals surface area contributed by atoms with Gasteiger partial charge in [0.05, 0.1) is 26.0 Å². The lowest BCUT2D eigenvalue weighted by molar-refractivity contribution is -0.127. The number of hydrogen-bond donors (Lipinski definition) is 0. The van der Waals surface area contributed by atoms with Crippen molar-refractivity contribution >= 4 is 28.4 Å². The normalized spacial score (nSPS) is 11.0. The van der Waals surface area contributed by atoms with Crippen LogP contribution in [0.3, 0.4) is 0 Å². The zero-order chi connectivity index (χ0) is 23.9. The van der Waals surface area contributed by atoms with Crippen LogP contribution in [0.15, 0.2) is 71.9 Å². The topological polar surface area (TPSA) is 69.5 Å². The minimum Gasteiger partial charge on any atom is -0.497 e. The van der Waals surface area contributed by atoms with E-state index in [9.17, 15) is 4.79 Å². The second-order valence-electron chi connectivity index (χ2n) is 7.90. The highest BCUT2D eigenvalue weighted by atomic mass is 32.2. The van der Waals surface area contributed by atoms with Crippen LogP contribution in [0.1, 0.15) is 5.56 Å². The van der Waals surface area contributed by atoms with E-state index in [1.165, 1.54) is 11.8 Å². The average Bonchev–Trinajstić information content (AvgIpc) is 3.28. The predicted octanol–water partition coefficient (Wildman–Crippen LogP) is 4.50. The molecule has 4 rings (SSSR count). The quantitative estimate of drug-likeness (QED) is 0.314. The minimum absolute atomic E-state index is 0.0300. The number of thioether (sulfide) groups is 1. The summed E-state index contributed by atoms with van der Waals surface area (Å²) in [5, 5.41) is 11.7. The molecule has 176 valence electrons. The van der Waals surface area contributed by atoms with E-state index >= 15 is 0 Å². The second kappa shape index (κ2) is 11.2. The van der Waals surface area contributed by atoms with Crippen LogP contribution in [0.4, 0.5) is 0 Å². The van der Waals surface area contributed by atoms with Crippen molar-refractivity contribution in [3.63, 3.8) is 0 Å². The number of benzene rings is 3. The molecule has 7 nitrogen and oxygen atoms in total. The zero-order valence-electron chi connectivity index (χ0n) is 19.6. The SMILES string of the molecule is COCCn1c(SCC(=O)N(C)Cc2ccc3cc(OC)ccc3c2)nnc1-c1ccccc1. The van der Waals surface area contributed by atoms with Crippen LogP contribution >= 0.6 is 11.8 Å². The van der Waals surface area contributed by atoms with Gasteiger partial charge in [0.15, 0.2) is 11.0 Å². The summed E-state index contributed by atoms with van der Waals surface area (Å²) in [7, 11) is 5.16. The monoisotopic (exact) mass is 476 g/mol. The summed E-state index contributed by atoms with van der Waals surface area (Å²) in [5.74, 6) is 1.91. The molecule has 4 aromatic rings. The summed E-state index contributed by atoms with van der Waals surface area (Å²) >= 11 is 1.40. The largest absolute Gasteiger partial charge is 0.497 e. The summed E-state index contributed by atoms with van der Waals surface area (Å²) in [6, 6.07) is 22.1. The molecule has 0 aliphatic heterocycles. The predicted molar refractivity (Wildman–Crippen MR) is 135 cm³/mol. The average molecular weight is 477 g/mol. The maximum Gasteiger partial charge on any atom is 0.233 e. The van der Waals surface area contributed by atoms with Crippen LogP contribution in [0, 0.1) is 0 Å². The number of amides is 1. The van der Waals surface area contributed by atoms with Crippen LogP contribution in [0.5, 0.6) is 5.75 Å². The molecule has 0 fully saturated rings. The van der Waals surface area contributed by atoms with Gasteiger partial charge in [-0.05, 0) is 34.5 Å². The molecule has 1 aromatic heterocycles. The maximum absolute atomic E-state index is 12.9. The van der Waals surface area contributed by atoms with Gasteiger partial charge in [-0.2, -0.15) is 0 Å². The van der Waals surface area contributed by atoms with Gasteiger partial charge in [0.25, 0.3) is 0 Å². The molecule has 1 amide bonds. The van der Waals surface area contributed by atoms with Crippen LogP contribution in [-0.2, 0) is 22.6 Å². The third-order valence-corrected chi connectivity index (χ3v) is 6.50. The Morgan fingerprint density at radius 3 is 2.53 bits per heavy atom. The third-order valence-electron chi connectivity index (χ3n) is 5.55. The number of carbonyl (C=O) groups excluding carboxylic acids is 1. The fourth-order valence-electron chi connectivity index (χ4n) is 3.68. The van der Waals surface area contributed by atoms with Gasteiger partial charge < -0.3 is 14.4 Å². The number of hydrogen-bond acceptors (Lipinski definition) is 6. The molecule has 0 atom stereocenters. The van der Waals surface area contributed by atoms with Crippen molar-refractivity contribution in [3.05, 3.63) is 72.3 Å². The van der Waals surface area contributed by atoms with Gasteiger partial charge in [0.2, 0.25) is 5.91 Å². The Morgan fingerprint density at radius 2 is 1.76 bits per heavy atom. The Bertz CT molecular complexity index is 1260. The van der Waals surface area contributed by atoms with Gasteiger partial charge in [-0.15, -0.1) is 10.2 Å². The van der Waals surface area contributed by atoms with Crippen molar-refractivity contribution in [2.24, 2.45) is 0 Å². The van der Waals surface area contributed by atoms with Gasteiger partial charge in [0.1, 0.15) is 5.75 Å². The van der Waals surface area contributed by atoms with Crippen LogP contribution in [0.25, 0.3) is 22.2 Å². The highest BCUT2D eigenvalue weighted by molar-refractivity contribution is 7.99. The Hall–Kier alpha value is -3.36. The molecule has 8 heteroatoms. The summed E-state index contributed by atoms with van der Waals surface area (Å²) in [6.45, 7) is 1.68. The summed E-state index contributed by atoms with van der Waals surface area (Å²) in [6.07, 6.45) is 0. The summed E-state index contributed by atoms with van der Waals surface area (Å²) in [4.78, 5) is 14.6. The number of ether oxygens (including phenoxy) is 2. The van der Waals surface area contributed by atoms with E-state index in [0.29, 0.717) is 24.9 Å². The van der Waals surface area contributed by atoms with Gasteiger partial charge in [0, 0.05) is 26.3 Å². The van der Waals surface area contributed by atoms with E-state index in [1.807, 2.05) is 66.2 Å². The molecular formula is C26H28N4O3S. The highest BCUT2D eigenvalue weighted by Gasteiger charge is 2.17. The summed E-state index contributed by atoms with van der Waals surface area (Å²) < 4.78 is 12.6. The van der Waals surface area contributed by atoms with Crippen molar-refractivity contribution in [2.75, 3.05) is 33.6 Å². The molecule has 1 heterocycles. The van der Waals surface area contributed by atoms with Crippen LogP contribution < -0.4 is 4.74 Å². The first kappa shape index (κ1) is 23.8. The Morgan fingerprint density at radius 1 is 1.00 bits per heavy atom. The van der Waals surface area contributed by atoms with Crippen molar-refractivity contribution in [2.45, 2.75) is 18.2 Å². The zero-order valence-corrected chi connectivity index (χ0v) is 20.4. The van der Waals surface area contributed by atoms with E-state index in [2.05, 4.69) is 22.3 Å². The number of methoxy groups -OCH3 is 2. The Labute approximate surface area is 203 Å². The van der Waals surface area contributed by atoms with Gasteiger partial charge in [-0.1, -0.05) is 60.3 Å². The number of carbonyl (C=O) groups is 1. The van der Waals surface area contributed by atoms with E-state index in [4.69, 9.17) is 9.47 Å². The van der Waals surface area contributed by atoms with Crippen LogP contribution in [0.2, 0.25) is 0 Å². The van der Waals surface area contributed by atoms with Gasteiger partial charge in [-0.3, -0.25) is 9.36 Å². The molecule has 0 aliphatic rings. The lowest BCUT2D eigenvalue weighted by Gasteiger charge is -2.17. The molecule has 0 N–H and O–H groups in total. The van der Waals surface area contributed by atoms with E-state index in [-0.39, 0.29) is 11.7 Å². The standard InChI is InChI=1S/C26H28N4O3S/c1-29(17-19-9-10-22-16-23(33-3)12-11-21(22)15-19)24(31)18-34-26-28-27-25(30(26)13-14-32-2)20-7-5-4-6-8-20/h4-12,15-16H,13-14,17-18H2,1-3H3. The molecule has 34 heavy (non-hydrogen) atoms. The number of aromatic nitrogens is 3. The number of fused-ring (bicyclic) bond motifs is 1. The fraction of sp³-hybridized carbons (Fsp3) is 0.269. The molecule has 0 saturated carbocycles. The molecule has 3 aromatic carbocycles. The van der Waals surface area contributed by atoms with E-state index in [1.54, 1.807) is 19.1 Å². The first-order valence-corrected chi connectivity index (χ1v) is 12.0. The van der Waals surface area contributed by atoms with Gasteiger partial charge in [-0.25, -0.2) is 0 Å². The molecule has 0 aliphatic carbocycles. The third kappa shape index (κ3) is 5.58. The molecule has 0 unspecified atom stereocenters. The Balaban J connectivity index is 1.42. The first-order valence-electron chi connectivity index (χ1n) is 11.0. The van der Waals surface area contributed by atoms with Crippen molar-refractivity contribution in [1.29, 1.82) is 0 Å². The maximum atomic E-state index is 12.9. The van der Waals surface area contributed by atoms with Crippen molar-refractivity contribution < 1.29 is 14.3 Å². The number of nitrogens with zero attached hydrogens (tertiary/aromatic N) is 4.